The predicted molar refractivity (Wildman–Crippen MR) is 101 cm³/mol. The van der Waals surface area contributed by atoms with E-state index >= 15 is 0 Å². The maximum Gasteiger partial charge on any atom is 0.255 e. The van der Waals surface area contributed by atoms with Gasteiger partial charge in [-0.15, -0.1) is 0 Å². The molecule has 0 amide bonds. The van der Waals surface area contributed by atoms with E-state index in [0.717, 1.165) is 59.7 Å². The van der Waals surface area contributed by atoms with Gasteiger partial charge >= 0.3 is 0 Å². The molecule has 0 spiro atoms. The number of aryl methyl sites for hydroxylation is 1. The van der Waals surface area contributed by atoms with Crippen LogP contribution in [0.25, 0.3) is 11.3 Å². The number of aromatic nitrogens is 4. The van der Waals surface area contributed by atoms with Gasteiger partial charge in [-0.3, -0.25) is 14.8 Å². The molecule has 0 unspecified atom stereocenters. The summed E-state index contributed by atoms with van der Waals surface area (Å²) in [6.45, 7) is 4.08. The molecule has 0 saturated carbocycles. The summed E-state index contributed by atoms with van der Waals surface area (Å²) in [7, 11) is 0. The maximum atomic E-state index is 13.6. The molecule has 0 aliphatic carbocycles. The molecule has 0 radical (unpaired) electrons. The Bertz CT molecular complexity index is 1010. The highest BCUT2D eigenvalue weighted by molar-refractivity contribution is 5.62. The van der Waals surface area contributed by atoms with Crippen LogP contribution in [0, 0.1) is 5.82 Å². The predicted octanol–water partition coefficient (Wildman–Crippen LogP) is 2.81. The van der Waals surface area contributed by atoms with Crippen LogP contribution in [0.15, 0.2) is 35.3 Å². The van der Waals surface area contributed by atoms with Gasteiger partial charge in [0.25, 0.3) is 5.56 Å². The Kier molecular flexibility index (Phi) is 4.85. The fourth-order valence-electron chi connectivity index (χ4n) is 3.59. The molecular weight excluding hydrogens is 345 g/mol. The van der Waals surface area contributed by atoms with Gasteiger partial charge in [-0.2, -0.15) is 5.10 Å². The average Bonchev–Trinajstić information content (AvgIpc) is 3.11. The van der Waals surface area contributed by atoms with Crippen LogP contribution in [0.3, 0.4) is 0 Å². The van der Waals surface area contributed by atoms with Crippen LogP contribution in [0.4, 0.5) is 4.39 Å². The first kappa shape index (κ1) is 17.6. The van der Waals surface area contributed by atoms with Crippen molar-refractivity contribution in [3.63, 3.8) is 0 Å². The van der Waals surface area contributed by atoms with E-state index < -0.39 is 0 Å². The van der Waals surface area contributed by atoms with E-state index in [1.165, 1.54) is 12.1 Å². The van der Waals surface area contributed by atoms with Gasteiger partial charge in [-0.05, 0) is 18.6 Å². The minimum Gasteiger partial charge on any atom is -0.310 e. The number of fused-ring (bicyclic) bond motifs is 1. The van der Waals surface area contributed by atoms with Gasteiger partial charge in [0.05, 0.1) is 23.1 Å². The smallest absolute Gasteiger partial charge is 0.255 e. The fraction of sp³-hybridized carbons (Fsp3) is 0.350. The summed E-state index contributed by atoms with van der Waals surface area (Å²) in [5.74, 6) is 0.498. The number of benzene rings is 1. The SMILES string of the molecule is CCCc1nc2c(c(=O)[nH]1)CN(Cc1cn[nH]c1-c1cccc(F)c1)CC2. The highest BCUT2D eigenvalue weighted by Crippen LogP contribution is 2.24. The van der Waals surface area contributed by atoms with Gasteiger partial charge < -0.3 is 4.98 Å². The highest BCUT2D eigenvalue weighted by atomic mass is 19.1. The first-order chi connectivity index (χ1) is 13.1. The van der Waals surface area contributed by atoms with E-state index in [2.05, 4.69) is 32.0 Å². The normalized spacial score (nSPS) is 14.3. The van der Waals surface area contributed by atoms with Crippen molar-refractivity contribution in [3.05, 3.63) is 69.3 Å². The molecule has 27 heavy (non-hydrogen) atoms. The molecule has 0 fully saturated rings. The van der Waals surface area contributed by atoms with Gasteiger partial charge in [-0.25, -0.2) is 9.37 Å². The van der Waals surface area contributed by atoms with Crippen molar-refractivity contribution in [2.24, 2.45) is 0 Å². The van der Waals surface area contributed by atoms with Gasteiger partial charge in [0.2, 0.25) is 0 Å². The summed E-state index contributed by atoms with van der Waals surface area (Å²) in [5.41, 5.74) is 4.18. The van der Waals surface area contributed by atoms with Crippen LogP contribution in [-0.2, 0) is 25.9 Å². The van der Waals surface area contributed by atoms with Crippen LogP contribution in [0.5, 0.6) is 0 Å². The van der Waals surface area contributed by atoms with Crippen LogP contribution < -0.4 is 5.56 Å². The standard InChI is InChI=1S/C20H22FN5O/c1-2-4-18-23-17-7-8-26(12-16(17)20(27)24-18)11-14-10-22-25-19(14)13-5-3-6-15(21)9-13/h3,5-6,9-10H,2,4,7-8,11-12H2,1H3,(H,22,25)(H,23,24,27). The highest BCUT2D eigenvalue weighted by Gasteiger charge is 2.22. The Morgan fingerprint density at radius 1 is 1.33 bits per heavy atom. The summed E-state index contributed by atoms with van der Waals surface area (Å²) in [5, 5.41) is 7.10. The zero-order valence-electron chi connectivity index (χ0n) is 15.3. The second kappa shape index (κ2) is 7.44. The number of halogens is 1. The Morgan fingerprint density at radius 2 is 2.22 bits per heavy atom. The molecule has 1 aromatic carbocycles. The third kappa shape index (κ3) is 3.68. The minimum absolute atomic E-state index is 0.0364. The van der Waals surface area contributed by atoms with Gasteiger partial charge in [-0.1, -0.05) is 19.1 Å². The lowest BCUT2D eigenvalue weighted by Gasteiger charge is -2.27. The number of H-pyrrole nitrogens is 2. The summed E-state index contributed by atoms with van der Waals surface area (Å²) in [4.78, 5) is 22.2. The fourth-order valence-corrected chi connectivity index (χ4v) is 3.59. The second-order valence-corrected chi connectivity index (χ2v) is 6.93. The Labute approximate surface area is 156 Å². The molecule has 4 rings (SSSR count). The van der Waals surface area contributed by atoms with Crippen molar-refractivity contribution in [1.29, 1.82) is 0 Å². The number of hydrogen-bond acceptors (Lipinski definition) is 4. The van der Waals surface area contributed by atoms with Crippen molar-refractivity contribution < 1.29 is 4.39 Å². The molecule has 140 valence electrons. The topological polar surface area (TPSA) is 77.7 Å². The molecule has 2 aromatic heterocycles. The average molecular weight is 367 g/mol. The first-order valence-electron chi connectivity index (χ1n) is 9.25. The van der Waals surface area contributed by atoms with Crippen LogP contribution >= 0.6 is 0 Å². The first-order valence-corrected chi connectivity index (χ1v) is 9.25. The summed E-state index contributed by atoms with van der Waals surface area (Å²) >= 11 is 0. The molecule has 7 heteroatoms. The number of rotatable bonds is 5. The van der Waals surface area contributed by atoms with Gasteiger partial charge in [0.15, 0.2) is 0 Å². The summed E-state index contributed by atoms with van der Waals surface area (Å²) in [6, 6.07) is 6.46. The zero-order valence-corrected chi connectivity index (χ0v) is 15.3. The molecule has 6 nitrogen and oxygen atoms in total. The van der Waals surface area contributed by atoms with E-state index in [1.54, 1.807) is 12.3 Å². The van der Waals surface area contributed by atoms with Crippen molar-refractivity contribution in [3.8, 4) is 11.3 Å². The van der Waals surface area contributed by atoms with Crippen molar-refractivity contribution >= 4 is 0 Å². The third-order valence-electron chi connectivity index (χ3n) is 4.91. The molecule has 2 N–H and O–H groups in total. The zero-order chi connectivity index (χ0) is 18.8. The van der Waals surface area contributed by atoms with Crippen LogP contribution in [-0.4, -0.2) is 31.6 Å². The molecule has 0 atom stereocenters. The minimum atomic E-state index is -0.277. The number of nitrogens with zero attached hydrogens (tertiary/aromatic N) is 3. The summed E-state index contributed by atoms with van der Waals surface area (Å²) < 4.78 is 13.6. The van der Waals surface area contributed by atoms with Crippen LogP contribution in [0.1, 0.15) is 36.0 Å². The Balaban J connectivity index is 1.55. The second-order valence-electron chi connectivity index (χ2n) is 6.93. The molecule has 1 aliphatic rings. The Morgan fingerprint density at radius 3 is 3.04 bits per heavy atom. The monoisotopic (exact) mass is 367 g/mol. The van der Waals surface area contributed by atoms with Crippen molar-refractivity contribution in [2.45, 2.75) is 39.3 Å². The molecule has 1 aliphatic heterocycles. The van der Waals surface area contributed by atoms with E-state index in [9.17, 15) is 9.18 Å². The molecular formula is C20H22FN5O. The maximum absolute atomic E-state index is 13.6. The lowest BCUT2D eigenvalue weighted by atomic mass is 10.0. The number of aromatic amines is 2. The van der Waals surface area contributed by atoms with Gasteiger partial charge in [0, 0.05) is 43.6 Å². The van der Waals surface area contributed by atoms with Crippen molar-refractivity contribution in [2.75, 3.05) is 6.54 Å². The lowest BCUT2D eigenvalue weighted by Crippen LogP contribution is -2.35. The largest absolute Gasteiger partial charge is 0.310 e. The van der Waals surface area contributed by atoms with E-state index in [0.29, 0.717) is 13.1 Å². The molecule has 3 heterocycles. The third-order valence-corrected chi connectivity index (χ3v) is 4.91. The summed E-state index contributed by atoms with van der Waals surface area (Å²) in [6.07, 6.45) is 4.27. The Hall–Kier alpha value is -2.80. The van der Waals surface area contributed by atoms with E-state index in [4.69, 9.17) is 0 Å². The lowest BCUT2D eigenvalue weighted by molar-refractivity contribution is 0.241. The van der Waals surface area contributed by atoms with E-state index in [-0.39, 0.29) is 11.4 Å². The van der Waals surface area contributed by atoms with Crippen LogP contribution in [0.2, 0.25) is 0 Å². The van der Waals surface area contributed by atoms with E-state index in [1.807, 2.05) is 6.07 Å². The molecule has 0 bridgehead atoms. The quantitative estimate of drug-likeness (QED) is 0.727. The number of hydrogen-bond donors (Lipinski definition) is 2. The number of nitrogens with one attached hydrogen (secondary N) is 2. The van der Waals surface area contributed by atoms with Crippen molar-refractivity contribution in [1.82, 2.24) is 25.1 Å². The molecule has 3 aromatic rings. The molecule has 0 saturated heterocycles. The van der Waals surface area contributed by atoms with Gasteiger partial charge in [0.1, 0.15) is 11.6 Å².